The number of rotatable bonds is 2. The van der Waals surface area contributed by atoms with Crippen LogP contribution in [0.4, 0.5) is 0 Å². The molecule has 0 saturated heterocycles. The fraction of sp³-hybridized carbons (Fsp3) is 0.381. The molecule has 0 radical (unpaired) electrons. The molecule has 1 aromatic carbocycles. The number of hydrogen-bond donors (Lipinski definition) is 1. The molecule has 0 bridgehead atoms. The molecule has 0 amide bonds. The van der Waals surface area contributed by atoms with Crippen molar-refractivity contribution >= 4 is 12.4 Å². The summed E-state index contributed by atoms with van der Waals surface area (Å²) in [6.07, 6.45) is 6.07. The average Bonchev–Trinajstić information content (AvgIpc) is 3.17. The predicted octanol–water partition coefficient (Wildman–Crippen LogP) is 3.78. The topological polar surface area (TPSA) is 63.8 Å². The number of pyridine rings is 1. The summed E-state index contributed by atoms with van der Waals surface area (Å²) < 4.78 is 5.72. The Kier molecular flexibility index (Phi) is 4.98. The number of aromatic nitrogens is 3. The van der Waals surface area contributed by atoms with Gasteiger partial charge in [0.1, 0.15) is 0 Å². The number of aryl methyl sites for hydroxylation is 2. The van der Waals surface area contributed by atoms with Gasteiger partial charge in [0.25, 0.3) is 0 Å². The summed E-state index contributed by atoms with van der Waals surface area (Å²) in [6, 6.07) is 8.67. The molecule has 3 aromatic rings. The maximum absolute atomic E-state index is 5.72. The van der Waals surface area contributed by atoms with Crippen molar-refractivity contribution in [3.8, 4) is 11.4 Å². The summed E-state index contributed by atoms with van der Waals surface area (Å²) in [7, 11) is 0. The molecule has 140 valence electrons. The number of benzene rings is 1. The van der Waals surface area contributed by atoms with E-state index in [1.807, 2.05) is 13.1 Å². The maximum Gasteiger partial charge on any atom is 0.230 e. The molecule has 2 aliphatic rings. The second-order valence-corrected chi connectivity index (χ2v) is 7.31. The first-order chi connectivity index (χ1) is 12.8. The third-order valence-corrected chi connectivity index (χ3v) is 5.69. The molecule has 27 heavy (non-hydrogen) atoms. The fourth-order valence-corrected chi connectivity index (χ4v) is 4.28. The van der Waals surface area contributed by atoms with Gasteiger partial charge >= 0.3 is 0 Å². The van der Waals surface area contributed by atoms with Gasteiger partial charge in [-0.25, -0.2) is 0 Å². The maximum atomic E-state index is 5.72. The predicted molar refractivity (Wildman–Crippen MR) is 106 cm³/mol. The lowest BCUT2D eigenvalue weighted by molar-refractivity contribution is 0.341. The fourth-order valence-electron chi connectivity index (χ4n) is 4.28. The number of nitrogens with one attached hydrogen (secondary N) is 1. The van der Waals surface area contributed by atoms with Gasteiger partial charge in [0.2, 0.25) is 11.7 Å². The zero-order chi connectivity index (χ0) is 17.5. The lowest BCUT2D eigenvalue weighted by atomic mass is 9.84. The molecular formula is C21H23ClN4O. The Labute approximate surface area is 165 Å². The van der Waals surface area contributed by atoms with Crippen molar-refractivity contribution in [2.24, 2.45) is 0 Å². The van der Waals surface area contributed by atoms with Crippen molar-refractivity contribution in [1.82, 2.24) is 20.4 Å². The second kappa shape index (κ2) is 7.41. The minimum absolute atomic E-state index is 0. The van der Waals surface area contributed by atoms with E-state index in [2.05, 4.69) is 39.7 Å². The molecule has 1 N–H and O–H groups in total. The zero-order valence-electron chi connectivity index (χ0n) is 15.4. The van der Waals surface area contributed by atoms with E-state index in [1.165, 1.54) is 22.3 Å². The van der Waals surface area contributed by atoms with Crippen LogP contribution in [0.5, 0.6) is 0 Å². The minimum Gasteiger partial charge on any atom is -0.339 e. The van der Waals surface area contributed by atoms with Crippen molar-refractivity contribution in [3.05, 3.63) is 64.3 Å². The SMILES string of the molecule is Cc1ncc2c(c1-c1noc(C3CCc4ccccc4C3)n1)CCNC2.Cl. The monoisotopic (exact) mass is 382 g/mol. The first-order valence-corrected chi connectivity index (χ1v) is 9.38. The summed E-state index contributed by atoms with van der Waals surface area (Å²) in [4.78, 5) is 9.37. The highest BCUT2D eigenvalue weighted by molar-refractivity contribution is 5.85. The second-order valence-electron chi connectivity index (χ2n) is 7.31. The third kappa shape index (κ3) is 3.26. The van der Waals surface area contributed by atoms with E-state index in [9.17, 15) is 0 Å². The summed E-state index contributed by atoms with van der Waals surface area (Å²) in [5, 5.41) is 7.74. The molecule has 5 rings (SSSR count). The Balaban J connectivity index is 0.00000180. The number of halogens is 1. The van der Waals surface area contributed by atoms with Gasteiger partial charge in [0.05, 0.1) is 0 Å². The van der Waals surface area contributed by atoms with Crippen molar-refractivity contribution in [2.45, 2.75) is 45.1 Å². The molecule has 0 fully saturated rings. The normalized spacial score (nSPS) is 18.3. The van der Waals surface area contributed by atoms with E-state index >= 15 is 0 Å². The van der Waals surface area contributed by atoms with Crippen LogP contribution < -0.4 is 5.32 Å². The molecule has 2 aromatic heterocycles. The van der Waals surface area contributed by atoms with Gasteiger partial charge in [-0.15, -0.1) is 12.4 Å². The molecular weight excluding hydrogens is 360 g/mol. The average molecular weight is 383 g/mol. The molecule has 0 spiro atoms. The van der Waals surface area contributed by atoms with Crippen molar-refractivity contribution in [1.29, 1.82) is 0 Å². The quantitative estimate of drug-likeness (QED) is 0.730. The van der Waals surface area contributed by atoms with Crippen LogP contribution in [0.25, 0.3) is 11.4 Å². The van der Waals surface area contributed by atoms with Gasteiger partial charge in [-0.3, -0.25) is 4.98 Å². The number of nitrogens with zero attached hydrogens (tertiary/aromatic N) is 3. The molecule has 6 heteroatoms. The van der Waals surface area contributed by atoms with Gasteiger partial charge < -0.3 is 9.84 Å². The molecule has 1 unspecified atom stereocenters. The van der Waals surface area contributed by atoms with Gasteiger partial charge in [0, 0.05) is 29.9 Å². The Hall–Kier alpha value is -2.24. The van der Waals surface area contributed by atoms with Crippen LogP contribution >= 0.6 is 12.4 Å². The van der Waals surface area contributed by atoms with Crippen LogP contribution in [-0.4, -0.2) is 21.7 Å². The lowest BCUT2D eigenvalue weighted by Gasteiger charge is -2.21. The summed E-state index contributed by atoms with van der Waals surface area (Å²) in [6.45, 7) is 3.87. The van der Waals surface area contributed by atoms with Crippen molar-refractivity contribution < 1.29 is 4.52 Å². The summed E-state index contributed by atoms with van der Waals surface area (Å²) >= 11 is 0. The standard InChI is InChI=1S/C21H22N4O.ClH/c1-13-19(18-8-9-22-11-17(18)12-23-13)20-24-21(26-25-20)16-7-6-14-4-2-3-5-15(14)10-16;/h2-5,12,16,22H,6-11H2,1H3;1H. The molecule has 1 atom stereocenters. The minimum atomic E-state index is 0. The molecule has 5 nitrogen and oxygen atoms in total. The van der Waals surface area contributed by atoms with Crippen LogP contribution in [0.2, 0.25) is 0 Å². The van der Waals surface area contributed by atoms with E-state index < -0.39 is 0 Å². The Bertz CT molecular complexity index is 969. The molecule has 1 aliphatic carbocycles. The van der Waals surface area contributed by atoms with Gasteiger partial charge in [0.15, 0.2) is 0 Å². The zero-order valence-corrected chi connectivity index (χ0v) is 16.2. The lowest BCUT2D eigenvalue weighted by Crippen LogP contribution is -2.24. The van der Waals surface area contributed by atoms with E-state index in [0.29, 0.717) is 11.7 Å². The number of fused-ring (bicyclic) bond motifs is 2. The van der Waals surface area contributed by atoms with Crippen LogP contribution in [0.1, 0.15) is 46.2 Å². The van der Waals surface area contributed by atoms with E-state index in [0.717, 1.165) is 55.9 Å². The van der Waals surface area contributed by atoms with Gasteiger partial charge in [-0.05, 0) is 61.4 Å². The Morgan fingerprint density at radius 2 is 1.96 bits per heavy atom. The van der Waals surface area contributed by atoms with Gasteiger partial charge in [-0.2, -0.15) is 4.98 Å². The van der Waals surface area contributed by atoms with Crippen LogP contribution in [0.15, 0.2) is 35.0 Å². The van der Waals surface area contributed by atoms with E-state index in [1.54, 1.807) is 0 Å². The smallest absolute Gasteiger partial charge is 0.230 e. The summed E-state index contributed by atoms with van der Waals surface area (Å²) in [5.41, 5.74) is 7.47. The van der Waals surface area contributed by atoms with Gasteiger partial charge in [-0.1, -0.05) is 29.4 Å². The van der Waals surface area contributed by atoms with E-state index in [-0.39, 0.29) is 12.4 Å². The van der Waals surface area contributed by atoms with Crippen molar-refractivity contribution in [3.63, 3.8) is 0 Å². The van der Waals surface area contributed by atoms with Crippen LogP contribution in [-0.2, 0) is 25.8 Å². The van der Waals surface area contributed by atoms with E-state index in [4.69, 9.17) is 9.51 Å². The molecule has 0 saturated carbocycles. The highest BCUT2D eigenvalue weighted by atomic mass is 35.5. The van der Waals surface area contributed by atoms with Crippen LogP contribution in [0, 0.1) is 6.92 Å². The van der Waals surface area contributed by atoms with Crippen LogP contribution in [0.3, 0.4) is 0 Å². The summed E-state index contributed by atoms with van der Waals surface area (Å²) in [5.74, 6) is 1.77. The highest BCUT2D eigenvalue weighted by Crippen LogP contribution is 2.34. The largest absolute Gasteiger partial charge is 0.339 e. The Morgan fingerprint density at radius 3 is 2.85 bits per heavy atom. The third-order valence-electron chi connectivity index (χ3n) is 5.69. The molecule has 1 aliphatic heterocycles. The highest BCUT2D eigenvalue weighted by Gasteiger charge is 2.27. The number of hydrogen-bond acceptors (Lipinski definition) is 5. The Morgan fingerprint density at radius 1 is 1.11 bits per heavy atom. The first-order valence-electron chi connectivity index (χ1n) is 9.38. The van der Waals surface area contributed by atoms with Crippen molar-refractivity contribution in [2.75, 3.05) is 6.54 Å². The molecule has 3 heterocycles. The first kappa shape index (κ1) is 18.1.